The monoisotopic (exact) mass is 348 g/mol. The van der Waals surface area contributed by atoms with Crippen molar-refractivity contribution < 1.29 is 9.59 Å². The number of fused-ring (bicyclic) bond motifs is 1. The van der Waals surface area contributed by atoms with Gasteiger partial charge in [-0.15, -0.1) is 0 Å². The highest BCUT2D eigenvalue weighted by Gasteiger charge is 2.44. The molecule has 2 unspecified atom stereocenters. The van der Waals surface area contributed by atoms with Gasteiger partial charge in [0.2, 0.25) is 0 Å². The Morgan fingerprint density at radius 3 is 2.54 bits per heavy atom. The van der Waals surface area contributed by atoms with Crippen molar-refractivity contribution in [1.82, 2.24) is 5.01 Å². The normalized spacial score (nSPS) is 24.3. The molecule has 1 N–H and O–H groups in total. The second-order valence-corrected chi connectivity index (χ2v) is 6.73. The Kier molecular flexibility index (Phi) is 3.85. The minimum atomic E-state index is -0.632. The number of benzene rings is 2. The summed E-state index contributed by atoms with van der Waals surface area (Å²) in [5.41, 5.74) is 3.67. The number of hydrogen-bond donors (Lipinski definition) is 1. The van der Waals surface area contributed by atoms with Crippen molar-refractivity contribution in [2.24, 2.45) is 4.99 Å². The van der Waals surface area contributed by atoms with Crippen LogP contribution in [0.15, 0.2) is 53.5 Å². The van der Waals surface area contributed by atoms with Crippen LogP contribution >= 0.6 is 0 Å². The minimum absolute atomic E-state index is 0.132. The van der Waals surface area contributed by atoms with E-state index < -0.39 is 6.04 Å². The maximum Gasteiger partial charge on any atom is 0.274 e. The van der Waals surface area contributed by atoms with Crippen LogP contribution in [0.2, 0.25) is 0 Å². The second-order valence-electron chi connectivity index (χ2n) is 6.73. The molecular weight excluding hydrogens is 328 g/mol. The van der Waals surface area contributed by atoms with Gasteiger partial charge in [0.1, 0.15) is 11.8 Å². The zero-order valence-electron chi connectivity index (χ0n) is 14.9. The second kappa shape index (κ2) is 6.07. The van der Waals surface area contributed by atoms with E-state index in [1.54, 1.807) is 5.01 Å². The summed E-state index contributed by atoms with van der Waals surface area (Å²) in [6, 6.07) is 14.4. The summed E-state index contributed by atoms with van der Waals surface area (Å²) in [7, 11) is 1.86. The molecule has 2 atom stereocenters. The highest BCUT2D eigenvalue weighted by molar-refractivity contribution is 6.54. The predicted molar refractivity (Wildman–Crippen MR) is 101 cm³/mol. The SMILES string of the molecule is Cc1ccc2c(c1)C(=NC1C(=O)N(c3ccccc3)N(C)C1C)C(=O)N2. The van der Waals surface area contributed by atoms with Gasteiger partial charge in [-0.1, -0.05) is 29.8 Å². The fraction of sp³-hybridized carbons (Fsp3) is 0.250. The fourth-order valence-electron chi connectivity index (χ4n) is 3.45. The Balaban J connectivity index is 1.73. The van der Waals surface area contributed by atoms with Gasteiger partial charge in [0.05, 0.1) is 17.4 Å². The summed E-state index contributed by atoms with van der Waals surface area (Å²) in [6.45, 7) is 3.91. The summed E-state index contributed by atoms with van der Waals surface area (Å²) in [5.74, 6) is -0.390. The molecule has 2 aromatic rings. The number of carbonyl (C=O) groups is 2. The van der Waals surface area contributed by atoms with E-state index in [0.29, 0.717) is 5.71 Å². The third-order valence-corrected chi connectivity index (χ3v) is 4.99. The van der Waals surface area contributed by atoms with Crippen molar-refractivity contribution in [1.29, 1.82) is 0 Å². The molecule has 1 fully saturated rings. The largest absolute Gasteiger partial charge is 0.320 e. The van der Waals surface area contributed by atoms with Gasteiger partial charge in [0.25, 0.3) is 11.8 Å². The first-order valence-electron chi connectivity index (χ1n) is 8.59. The van der Waals surface area contributed by atoms with Gasteiger partial charge in [-0.2, -0.15) is 0 Å². The fourth-order valence-corrected chi connectivity index (χ4v) is 3.45. The number of carbonyl (C=O) groups excluding carboxylic acids is 2. The Morgan fingerprint density at radius 1 is 1.08 bits per heavy atom. The lowest BCUT2D eigenvalue weighted by Gasteiger charge is -2.26. The van der Waals surface area contributed by atoms with E-state index in [2.05, 4.69) is 10.3 Å². The quantitative estimate of drug-likeness (QED) is 0.906. The van der Waals surface area contributed by atoms with Crippen LogP contribution in [0.3, 0.4) is 0 Å². The standard InChI is InChI=1S/C20H20N4O2/c1-12-9-10-16-15(11-12)18(19(25)21-16)22-17-13(2)23(3)24(20(17)26)14-7-5-4-6-8-14/h4-11,13,17H,1-3H3,(H,21,22,25). The van der Waals surface area contributed by atoms with E-state index in [-0.39, 0.29) is 17.9 Å². The van der Waals surface area contributed by atoms with Gasteiger partial charge in [-0.3, -0.25) is 14.6 Å². The van der Waals surface area contributed by atoms with Crippen LogP contribution in [0.5, 0.6) is 0 Å². The molecule has 2 heterocycles. The van der Waals surface area contributed by atoms with Crippen molar-refractivity contribution in [3.63, 3.8) is 0 Å². The molecule has 4 rings (SSSR count). The van der Waals surface area contributed by atoms with Crippen molar-refractivity contribution in [2.75, 3.05) is 17.4 Å². The summed E-state index contributed by atoms with van der Waals surface area (Å²) in [5, 5.41) is 6.32. The van der Waals surface area contributed by atoms with Gasteiger partial charge < -0.3 is 5.32 Å². The number of hydrazine groups is 1. The maximum absolute atomic E-state index is 13.0. The van der Waals surface area contributed by atoms with Crippen molar-refractivity contribution >= 4 is 28.9 Å². The molecule has 0 saturated carbocycles. The number of aliphatic imine (C=N–C) groups is 1. The molecule has 0 bridgehead atoms. The summed E-state index contributed by atoms with van der Waals surface area (Å²) >= 11 is 0. The lowest BCUT2D eigenvalue weighted by molar-refractivity contribution is -0.118. The van der Waals surface area contributed by atoms with E-state index in [4.69, 9.17) is 0 Å². The van der Waals surface area contributed by atoms with Crippen molar-refractivity contribution in [3.05, 3.63) is 59.7 Å². The first kappa shape index (κ1) is 16.5. The third kappa shape index (κ3) is 2.50. The van der Waals surface area contributed by atoms with Crippen LogP contribution in [-0.4, -0.2) is 41.7 Å². The number of likely N-dealkylation sites (N-methyl/N-ethyl adjacent to an activating group) is 1. The highest BCUT2D eigenvalue weighted by Crippen LogP contribution is 2.30. The van der Waals surface area contributed by atoms with Gasteiger partial charge in [-0.25, -0.2) is 10.0 Å². The summed E-state index contributed by atoms with van der Waals surface area (Å²) in [4.78, 5) is 30.0. The molecule has 2 amide bonds. The average Bonchev–Trinajstić information content (AvgIpc) is 3.04. The summed E-state index contributed by atoms with van der Waals surface area (Å²) < 4.78 is 0. The Labute approximate surface area is 152 Å². The number of amides is 2. The van der Waals surface area contributed by atoms with Gasteiger partial charge in [0, 0.05) is 12.6 Å². The molecular formula is C20H20N4O2. The first-order valence-corrected chi connectivity index (χ1v) is 8.59. The predicted octanol–water partition coefficient (Wildman–Crippen LogP) is 2.39. The summed E-state index contributed by atoms with van der Waals surface area (Å²) in [6.07, 6.45) is 0. The van der Waals surface area contributed by atoms with Crippen molar-refractivity contribution in [2.45, 2.75) is 25.9 Å². The molecule has 6 nitrogen and oxygen atoms in total. The van der Waals surface area contributed by atoms with E-state index in [0.717, 1.165) is 22.5 Å². The number of para-hydroxylation sites is 1. The molecule has 2 aliphatic rings. The third-order valence-electron chi connectivity index (χ3n) is 4.99. The van der Waals surface area contributed by atoms with Crippen LogP contribution in [0.4, 0.5) is 11.4 Å². The number of aryl methyl sites for hydroxylation is 1. The van der Waals surface area contributed by atoms with Crippen LogP contribution in [0.25, 0.3) is 0 Å². The topological polar surface area (TPSA) is 65.0 Å². The number of rotatable bonds is 2. The first-order chi connectivity index (χ1) is 12.5. The number of hydrogen-bond acceptors (Lipinski definition) is 4. The zero-order chi connectivity index (χ0) is 18.4. The smallest absolute Gasteiger partial charge is 0.274 e. The Morgan fingerprint density at radius 2 is 1.81 bits per heavy atom. The maximum atomic E-state index is 13.0. The molecule has 2 aliphatic heterocycles. The van der Waals surface area contributed by atoms with Gasteiger partial charge in [0.15, 0.2) is 0 Å². The van der Waals surface area contributed by atoms with Gasteiger partial charge in [-0.05, 0) is 38.1 Å². The van der Waals surface area contributed by atoms with Crippen LogP contribution < -0.4 is 10.3 Å². The van der Waals surface area contributed by atoms with Gasteiger partial charge >= 0.3 is 0 Å². The average molecular weight is 348 g/mol. The lowest BCUT2D eigenvalue weighted by Crippen LogP contribution is -2.38. The molecule has 0 aliphatic carbocycles. The molecule has 26 heavy (non-hydrogen) atoms. The highest BCUT2D eigenvalue weighted by atomic mass is 16.2. The van der Waals surface area contributed by atoms with Crippen LogP contribution in [-0.2, 0) is 9.59 Å². The number of nitrogens with one attached hydrogen (secondary N) is 1. The zero-order valence-corrected chi connectivity index (χ0v) is 14.9. The Hall–Kier alpha value is -2.99. The minimum Gasteiger partial charge on any atom is -0.320 e. The molecule has 2 aromatic carbocycles. The Bertz CT molecular complexity index is 923. The number of nitrogens with zero attached hydrogens (tertiary/aromatic N) is 3. The van der Waals surface area contributed by atoms with E-state index in [1.165, 1.54) is 0 Å². The lowest BCUT2D eigenvalue weighted by atomic mass is 10.1. The molecule has 0 aromatic heterocycles. The molecule has 0 spiro atoms. The molecule has 1 saturated heterocycles. The van der Waals surface area contributed by atoms with E-state index >= 15 is 0 Å². The van der Waals surface area contributed by atoms with E-state index in [1.807, 2.05) is 74.4 Å². The van der Waals surface area contributed by atoms with E-state index in [9.17, 15) is 9.59 Å². The molecule has 6 heteroatoms. The van der Waals surface area contributed by atoms with Crippen LogP contribution in [0, 0.1) is 6.92 Å². The number of anilines is 2. The molecule has 132 valence electrons. The van der Waals surface area contributed by atoms with Crippen LogP contribution in [0.1, 0.15) is 18.1 Å². The van der Waals surface area contributed by atoms with Crippen molar-refractivity contribution in [3.8, 4) is 0 Å². The molecule has 0 radical (unpaired) electrons.